The Morgan fingerprint density at radius 1 is 1.22 bits per heavy atom. The number of rotatable bonds is 1. The van der Waals surface area contributed by atoms with E-state index in [0.29, 0.717) is 0 Å². The van der Waals surface area contributed by atoms with Crippen LogP contribution >= 0.6 is 12.4 Å². The summed E-state index contributed by atoms with van der Waals surface area (Å²) in [6.07, 6.45) is 3.70. The maximum Gasteiger partial charge on any atom is 0.0877 e. The lowest BCUT2D eigenvalue weighted by Crippen LogP contribution is -2.28. The van der Waals surface area contributed by atoms with Crippen molar-refractivity contribution >= 4 is 12.4 Å². The summed E-state index contributed by atoms with van der Waals surface area (Å²) in [6, 6.07) is 0. The van der Waals surface area contributed by atoms with Crippen molar-refractivity contribution in [3.05, 3.63) is 0 Å². The number of aliphatic hydroxyl groups is 2. The number of hydrogen-bond acceptors (Lipinski definition) is 2. The molecule has 1 rings (SSSR count). The Morgan fingerprint density at radius 2 is 1.67 bits per heavy atom. The Hall–Kier alpha value is 0.210. The van der Waals surface area contributed by atoms with Crippen molar-refractivity contribution in [3.8, 4) is 0 Å². The molecule has 1 fully saturated rings. The van der Waals surface area contributed by atoms with Crippen LogP contribution < -0.4 is 0 Å². The molecule has 0 aliphatic heterocycles. The lowest BCUT2D eigenvalue weighted by molar-refractivity contribution is -0.00796. The predicted molar refractivity (Wildman–Crippen MR) is 37.8 cm³/mol. The van der Waals surface area contributed by atoms with E-state index in [1.54, 1.807) is 0 Å². The highest BCUT2D eigenvalue weighted by Gasteiger charge is 2.29. The van der Waals surface area contributed by atoms with Crippen molar-refractivity contribution in [2.45, 2.75) is 31.3 Å². The first kappa shape index (κ1) is 9.21. The molecule has 0 radical (unpaired) electrons. The molecule has 0 heterocycles. The number of halogens is 1. The van der Waals surface area contributed by atoms with E-state index >= 15 is 0 Å². The lowest BCUT2D eigenvalue weighted by Gasteiger charge is -2.17. The van der Waals surface area contributed by atoms with Crippen LogP contribution in [-0.2, 0) is 0 Å². The molecule has 0 saturated heterocycles. The monoisotopic (exact) mass is 152 g/mol. The highest BCUT2D eigenvalue weighted by atomic mass is 35.5. The van der Waals surface area contributed by atoms with Gasteiger partial charge < -0.3 is 10.2 Å². The summed E-state index contributed by atoms with van der Waals surface area (Å²) in [4.78, 5) is 0. The summed E-state index contributed by atoms with van der Waals surface area (Å²) >= 11 is 0. The highest BCUT2D eigenvalue weighted by molar-refractivity contribution is 5.85. The van der Waals surface area contributed by atoms with Crippen LogP contribution in [0.2, 0.25) is 0 Å². The van der Waals surface area contributed by atoms with Crippen molar-refractivity contribution in [3.63, 3.8) is 0 Å². The predicted octanol–water partition coefficient (Wildman–Crippen LogP) is 0.706. The zero-order valence-corrected chi connectivity index (χ0v) is 6.15. The second-order valence-electron chi connectivity index (χ2n) is 2.59. The van der Waals surface area contributed by atoms with Crippen LogP contribution in [0.15, 0.2) is 0 Å². The van der Waals surface area contributed by atoms with Gasteiger partial charge in [0.25, 0.3) is 0 Å². The first-order chi connectivity index (χ1) is 3.77. The Morgan fingerprint density at radius 3 is 1.89 bits per heavy atom. The minimum Gasteiger partial charge on any atom is -0.393 e. The lowest BCUT2D eigenvalue weighted by atomic mass is 10.1. The summed E-state index contributed by atoms with van der Waals surface area (Å²) in [5.41, 5.74) is -0.708. The van der Waals surface area contributed by atoms with Crippen molar-refractivity contribution in [2.24, 2.45) is 0 Å². The average molecular weight is 153 g/mol. The van der Waals surface area contributed by atoms with Gasteiger partial charge in [-0.25, -0.2) is 0 Å². The number of hydrogen-bond donors (Lipinski definition) is 2. The SMILES string of the molecule is Cl.OCC1(O)CCCC1. The third kappa shape index (κ3) is 2.12. The van der Waals surface area contributed by atoms with E-state index in [0.717, 1.165) is 25.7 Å². The molecule has 9 heavy (non-hydrogen) atoms. The maximum absolute atomic E-state index is 9.25. The van der Waals surface area contributed by atoms with Gasteiger partial charge in [-0.15, -0.1) is 12.4 Å². The fourth-order valence-corrected chi connectivity index (χ4v) is 1.19. The van der Waals surface area contributed by atoms with Gasteiger partial charge in [-0.3, -0.25) is 0 Å². The van der Waals surface area contributed by atoms with Crippen molar-refractivity contribution in [1.29, 1.82) is 0 Å². The van der Waals surface area contributed by atoms with E-state index in [4.69, 9.17) is 5.11 Å². The van der Waals surface area contributed by atoms with Crippen LogP contribution in [0.25, 0.3) is 0 Å². The van der Waals surface area contributed by atoms with Crippen LogP contribution in [0.3, 0.4) is 0 Å². The third-order valence-electron chi connectivity index (χ3n) is 1.83. The molecule has 2 N–H and O–H groups in total. The third-order valence-corrected chi connectivity index (χ3v) is 1.83. The Balaban J connectivity index is 0.000000640. The fourth-order valence-electron chi connectivity index (χ4n) is 1.19. The van der Waals surface area contributed by atoms with Crippen LogP contribution in [0.5, 0.6) is 0 Å². The summed E-state index contributed by atoms with van der Waals surface area (Å²) in [6.45, 7) is -0.0625. The number of aliphatic hydroxyl groups excluding tert-OH is 1. The van der Waals surface area contributed by atoms with Crippen molar-refractivity contribution in [2.75, 3.05) is 6.61 Å². The molecule has 0 amide bonds. The van der Waals surface area contributed by atoms with Gasteiger partial charge >= 0.3 is 0 Å². The van der Waals surface area contributed by atoms with E-state index in [9.17, 15) is 5.11 Å². The zero-order chi connectivity index (χ0) is 6.04. The molecule has 3 heteroatoms. The molecular weight excluding hydrogens is 140 g/mol. The molecule has 0 aromatic rings. The van der Waals surface area contributed by atoms with Crippen LogP contribution in [-0.4, -0.2) is 22.4 Å². The molecular formula is C6H13ClO2. The van der Waals surface area contributed by atoms with Crippen molar-refractivity contribution in [1.82, 2.24) is 0 Å². The first-order valence-electron chi connectivity index (χ1n) is 3.10. The highest BCUT2D eigenvalue weighted by Crippen LogP contribution is 2.28. The van der Waals surface area contributed by atoms with Crippen molar-refractivity contribution < 1.29 is 10.2 Å². The van der Waals surface area contributed by atoms with E-state index in [2.05, 4.69) is 0 Å². The second-order valence-corrected chi connectivity index (χ2v) is 2.59. The Bertz CT molecular complexity index is 79.1. The maximum atomic E-state index is 9.25. The molecule has 0 atom stereocenters. The van der Waals surface area contributed by atoms with Gasteiger partial charge in [-0.05, 0) is 12.8 Å². The largest absolute Gasteiger partial charge is 0.393 e. The standard InChI is InChI=1S/C6H12O2.ClH/c7-5-6(8)3-1-2-4-6;/h7-8H,1-5H2;1H. The van der Waals surface area contributed by atoms with Gasteiger partial charge in [0.2, 0.25) is 0 Å². The average Bonchev–Trinajstić information content (AvgIpc) is 2.17. The van der Waals surface area contributed by atoms with E-state index in [1.807, 2.05) is 0 Å². The summed E-state index contributed by atoms with van der Waals surface area (Å²) in [5, 5.41) is 17.8. The zero-order valence-electron chi connectivity index (χ0n) is 5.34. The normalized spacial score (nSPS) is 23.3. The minimum absolute atomic E-state index is 0. The molecule has 1 aliphatic rings. The summed E-state index contributed by atoms with van der Waals surface area (Å²) in [7, 11) is 0. The summed E-state index contributed by atoms with van der Waals surface area (Å²) < 4.78 is 0. The van der Waals surface area contributed by atoms with Gasteiger partial charge in [-0.1, -0.05) is 12.8 Å². The quantitative estimate of drug-likeness (QED) is 0.581. The second kappa shape index (κ2) is 3.40. The van der Waals surface area contributed by atoms with E-state index < -0.39 is 5.60 Å². The Kier molecular flexibility index (Phi) is 3.48. The molecule has 1 aliphatic carbocycles. The Labute approximate surface area is 61.3 Å². The van der Waals surface area contributed by atoms with Crippen LogP contribution in [0.1, 0.15) is 25.7 Å². The fraction of sp³-hybridized carbons (Fsp3) is 1.00. The molecule has 0 aromatic heterocycles. The molecule has 2 nitrogen and oxygen atoms in total. The summed E-state index contributed by atoms with van der Waals surface area (Å²) in [5.74, 6) is 0. The van der Waals surface area contributed by atoms with Gasteiger partial charge in [-0.2, -0.15) is 0 Å². The van der Waals surface area contributed by atoms with Crippen LogP contribution in [0.4, 0.5) is 0 Å². The van der Waals surface area contributed by atoms with Gasteiger partial charge in [0, 0.05) is 0 Å². The van der Waals surface area contributed by atoms with E-state index in [-0.39, 0.29) is 19.0 Å². The van der Waals surface area contributed by atoms with Gasteiger partial charge in [0.1, 0.15) is 0 Å². The van der Waals surface area contributed by atoms with Gasteiger partial charge in [0.15, 0.2) is 0 Å². The topological polar surface area (TPSA) is 40.5 Å². The molecule has 0 unspecified atom stereocenters. The first-order valence-corrected chi connectivity index (χ1v) is 3.10. The molecule has 0 aromatic carbocycles. The molecule has 0 spiro atoms. The minimum atomic E-state index is -0.708. The van der Waals surface area contributed by atoms with Gasteiger partial charge in [0.05, 0.1) is 12.2 Å². The van der Waals surface area contributed by atoms with E-state index in [1.165, 1.54) is 0 Å². The smallest absolute Gasteiger partial charge is 0.0877 e. The van der Waals surface area contributed by atoms with Crippen LogP contribution in [0, 0.1) is 0 Å². The molecule has 0 bridgehead atoms. The molecule has 56 valence electrons. The molecule has 1 saturated carbocycles.